The molecule has 11 nitrogen and oxygen atoms in total. The van der Waals surface area contributed by atoms with Crippen molar-refractivity contribution in [3.05, 3.63) is 65.6 Å². The Labute approximate surface area is 235 Å². The lowest BCUT2D eigenvalue weighted by Gasteiger charge is -2.31. The van der Waals surface area contributed by atoms with E-state index in [2.05, 4.69) is 20.7 Å². The van der Waals surface area contributed by atoms with E-state index < -0.39 is 0 Å². The van der Waals surface area contributed by atoms with Crippen LogP contribution >= 0.6 is 0 Å². The van der Waals surface area contributed by atoms with Crippen molar-refractivity contribution in [2.24, 2.45) is 0 Å². The molecule has 0 atom stereocenters. The average Bonchev–Trinajstić information content (AvgIpc) is 3.45. The summed E-state index contributed by atoms with van der Waals surface area (Å²) in [6.45, 7) is 3.60. The van der Waals surface area contributed by atoms with Crippen LogP contribution in [0.1, 0.15) is 34.8 Å². The summed E-state index contributed by atoms with van der Waals surface area (Å²) in [6.07, 6.45) is 1.39. The Bertz CT molecular complexity index is 1540. The Morgan fingerprint density at radius 3 is 2.34 bits per heavy atom. The average molecular weight is 560 g/mol. The number of carbonyl (C=O) groups is 2. The van der Waals surface area contributed by atoms with Gasteiger partial charge in [0, 0.05) is 56.0 Å². The fraction of sp³-hybridized carbons (Fsp3) is 0.345. The monoisotopic (exact) mass is 559 g/mol. The van der Waals surface area contributed by atoms with E-state index in [1.807, 2.05) is 12.1 Å². The number of aromatic nitrogens is 3. The standard InChI is InChI=1S/C29H30FN7O4/c1-31-29(39)32-22-8-4-19(5-9-22)26-33-24-23(35-41-25(24)27(34-26)36-14-16-40-17-15-36)18-10-12-37(13-11-18)28(38)20-2-6-21(30)7-3-20/h2-9,18H,10-17H2,1H3,(H2,31,32,39). The Kier molecular flexibility index (Phi) is 7.47. The van der Waals surface area contributed by atoms with Gasteiger partial charge in [0.2, 0.25) is 5.58 Å². The predicted molar refractivity (Wildman–Crippen MR) is 150 cm³/mol. The van der Waals surface area contributed by atoms with Gasteiger partial charge in [-0.1, -0.05) is 5.16 Å². The molecule has 2 saturated heterocycles. The summed E-state index contributed by atoms with van der Waals surface area (Å²) in [5.41, 5.74) is 3.86. The first-order valence-electron chi connectivity index (χ1n) is 13.6. The molecule has 6 rings (SSSR count). The van der Waals surface area contributed by atoms with Gasteiger partial charge >= 0.3 is 6.03 Å². The van der Waals surface area contributed by atoms with Gasteiger partial charge in [-0.2, -0.15) is 0 Å². The quantitative estimate of drug-likeness (QED) is 0.376. The molecule has 0 saturated carbocycles. The number of ether oxygens (including phenoxy) is 1. The number of halogens is 1. The topological polar surface area (TPSA) is 126 Å². The molecule has 0 spiro atoms. The lowest BCUT2D eigenvalue weighted by molar-refractivity contribution is 0.0711. The minimum atomic E-state index is -0.368. The molecule has 2 aromatic heterocycles. The van der Waals surface area contributed by atoms with Gasteiger partial charge in [0.1, 0.15) is 17.0 Å². The lowest BCUT2D eigenvalue weighted by Crippen LogP contribution is -2.38. The Hall–Kier alpha value is -4.58. The maximum absolute atomic E-state index is 13.3. The number of fused-ring (bicyclic) bond motifs is 1. The third-order valence-corrected chi connectivity index (χ3v) is 7.52. The molecule has 2 aromatic carbocycles. The van der Waals surface area contributed by atoms with Crippen LogP contribution in [-0.2, 0) is 4.74 Å². The van der Waals surface area contributed by atoms with Gasteiger partial charge in [-0.3, -0.25) is 4.79 Å². The molecule has 212 valence electrons. The molecule has 0 aliphatic carbocycles. The summed E-state index contributed by atoms with van der Waals surface area (Å²) in [5, 5.41) is 9.75. The highest BCUT2D eigenvalue weighted by Crippen LogP contribution is 2.36. The van der Waals surface area contributed by atoms with Gasteiger partial charge in [0.05, 0.1) is 13.2 Å². The first kappa shape index (κ1) is 26.6. The first-order chi connectivity index (χ1) is 20.0. The van der Waals surface area contributed by atoms with Crippen molar-refractivity contribution in [1.29, 1.82) is 0 Å². The maximum Gasteiger partial charge on any atom is 0.318 e. The highest BCUT2D eigenvalue weighted by Gasteiger charge is 2.31. The van der Waals surface area contributed by atoms with Crippen molar-refractivity contribution < 1.29 is 23.2 Å². The van der Waals surface area contributed by atoms with Crippen LogP contribution in [0, 0.1) is 5.82 Å². The molecule has 4 aromatic rings. The third kappa shape index (κ3) is 5.55. The van der Waals surface area contributed by atoms with Crippen molar-refractivity contribution in [3.8, 4) is 11.4 Å². The Morgan fingerprint density at radius 2 is 1.66 bits per heavy atom. The Morgan fingerprint density at radius 1 is 0.951 bits per heavy atom. The van der Waals surface area contributed by atoms with Crippen LogP contribution in [0.3, 0.4) is 0 Å². The highest BCUT2D eigenvalue weighted by atomic mass is 19.1. The number of anilines is 2. The number of hydrogen-bond acceptors (Lipinski definition) is 8. The first-order valence-corrected chi connectivity index (χ1v) is 13.6. The van der Waals surface area contributed by atoms with Gasteiger partial charge in [-0.25, -0.2) is 19.2 Å². The van der Waals surface area contributed by atoms with Crippen molar-refractivity contribution in [3.63, 3.8) is 0 Å². The number of piperidine rings is 1. The van der Waals surface area contributed by atoms with E-state index in [-0.39, 0.29) is 23.7 Å². The fourth-order valence-corrected chi connectivity index (χ4v) is 5.25. The van der Waals surface area contributed by atoms with E-state index in [9.17, 15) is 14.0 Å². The van der Waals surface area contributed by atoms with Crippen molar-refractivity contribution in [2.75, 3.05) is 56.7 Å². The van der Waals surface area contributed by atoms with Gasteiger partial charge in [-0.15, -0.1) is 0 Å². The molecule has 0 radical (unpaired) electrons. The summed E-state index contributed by atoms with van der Waals surface area (Å²) in [4.78, 5) is 38.3. The molecule has 0 unspecified atom stereocenters. The number of carbonyl (C=O) groups excluding carboxylic acids is 2. The summed E-state index contributed by atoms with van der Waals surface area (Å²) in [7, 11) is 1.56. The van der Waals surface area contributed by atoms with E-state index in [0.29, 0.717) is 86.2 Å². The SMILES string of the molecule is CNC(=O)Nc1ccc(-c2nc(N3CCOCC3)c3onc(C4CCN(C(=O)c5ccc(F)cc5)CC4)c3n2)cc1. The number of benzene rings is 2. The summed E-state index contributed by atoms with van der Waals surface area (Å²) >= 11 is 0. The molecule has 2 aliphatic heterocycles. The molecule has 4 heterocycles. The molecular weight excluding hydrogens is 529 g/mol. The maximum atomic E-state index is 13.3. The number of hydrogen-bond donors (Lipinski definition) is 2. The van der Waals surface area contributed by atoms with Crippen LogP contribution in [0.15, 0.2) is 53.1 Å². The number of nitrogens with zero attached hydrogens (tertiary/aromatic N) is 5. The largest absolute Gasteiger partial charge is 0.378 e. The zero-order valence-electron chi connectivity index (χ0n) is 22.6. The van der Waals surface area contributed by atoms with E-state index in [0.717, 1.165) is 11.3 Å². The second kappa shape index (κ2) is 11.5. The van der Waals surface area contributed by atoms with E-state index in [1.54, 1.807) is 24.1 Å². The van der Waals surface area contributed by atoms with E-state index in [1.165, 1.54) is 24.3 Å². The minimum absolute atomic E-state index is 0.0490. The predicted octanol–water partition coefficient (Wildman–Crippen LogP) is 4.03. The smallest absolute Gasteiger partial charge is 0.318 e. The number of morpholine rings is 1. The van der Waals surface area contributed by atoms with Gasteiger partial charge in [0.15, 0.2) is 11.6 Å². The number of likely N-dealkylation sites (tertiary alicyclic amines) is 1. The molecule has 2 fully saturated rings. The van der Waals surface area contributed by atoms with Crippen LogP contribution < -0.4 is 15.5 Å². The molecule has 41 heavy (non-hydrogen) atoms. The molecule has 2 aliphatic rings. The normalized spacial score (nSPS) is 16.1. The molecule has 0 bridgehead atoms. The second-order valence-electron chi connectivity index (χ2n) is 10.1. The fourth-order valence-electron chi connectivity index (χ4n) is 5.25. The van der Waals surface area contributed by atoms with Crippen LogP contribution in [0.5, 0.6) is 0 Å². The molecule has 2 N–H and O–H groups in total. The van der Waals surface area contributed by atoms with E-state index >= 15 is 0 Å². The molecular formula is C29H30FN7O4. The van der Waals surface area contributed by atoms with Crippen molar-refractivity contribution in [1.82, 2.24) is 25.3 Å². The van der Waals surface area contributed by atoms with Crippen molar-refractivity contribution in [2.45, 2.75) is 18.8 Å². The number of amides is 3. The van der Waals surface area contributed by atoms with Crippen LogP contribution in [0.2, 0.25) is 0 Å². The van der Waals surface area contributed by atoms with Gasteiger partial charge in [0.25, 0.3) is 5.91 Å². The third-order valence-electron chi connectivity index (χ3n) is 7.52. The summed E-state index contributed by atoms with van der Waals surface area (Å²) in [5.74, 6) is 0.768. The molecule has 3 amide bonds. The Balaban J connectivity index is 1.29. The van der Waals surface area contributed by atoms with Crippen molar-refractivity contribution >= 4 is 34.5 Å². The molecule has 12 heteroatoms. The van der Waals surface area contributed by atoms with Crippen LogP contribution in [-0.4, -0.2) is 78.4 Å². The van der Waals surface area contributed by atoms with Crippen LogP contribution in [0.4, 0.5) is 20.7 Å². The van der Waals surface area contributed by atoms with Gasteiger partial charge < -0.3 is 29.7 Å². The summed E-state index contributed by atoms with van der Waals surface area (Å²) < 4.78 is 24.7. The minimum Gasteiger partial charge on any atom is -0.378 e. The number of nitrogens with one attached hydrogen (secondary N) is 2. The number of urea groups is 1. The number of rotatable bonds is 5. The summed E-state index contributed by atoms with van der Waals surface area (Å²) in [6, 6.07) is 12.7. The van der Waals surface area contributed by atoms with Gasteiger partial charge in [-0.05, 0) is 61.4 Å². The second-order valence-corrected chi connectivity index (χ2v) is 10.1. The van der Waals surface area contributed by atoms with Crippen LogP contribution in [0.25, 0.3) is 22.5 Å². The highest BCUT2D eigenvalue weighted by molar-refractivity contribution is 5.94. The zero-order chi connectivity index (χ0) is 28.3. The van der Waals surface area contributed by atoms with E-state index in [4.69, 9.17) is 19.2 Å². The zero-order valence-corrected chi connectivity index (χ0v) is 22.6. The lowest BCUT2D eigenvalue weighted by atomic mass is 9.92.